The Morgan fingerprint density at radius 2 is 1.65 bits per heavy atom. The summed E-state index contributed by atoms with van der Waals surface area (Å²) in [6.45, 7) is 14.5. The number of benzene rings is 2. The van der Waals surface area contributed by atoms with Gasteiger partial charge >= 0.3 is 0 Å². The number of allylic oxidation sites excluding steroid dienone is 2. The summed E-state index contributed by atoms with van der Waals surface area (Å²) < 4.78 is 17.6. The molecule has 166 valence electrons. The fourth-order valence-corrected chi connectivity index (χ4v) is 2.99. The first-order valence-corrected chi connectivity index (χ1v) is 10.9. The Morgan fingerprint density at radius 3 is 2.23 bits per heavy atom. The number of ether oxygens (including phenoxy) is 3. The number of rotatable bonds is 12. The molecule has 0 aliphatic carbocycles. The average molecular weight is 423 g/mol. The van der Waals surface area contributed by atoms with Crippen LogP contribution in [0.1, 0.15) is 62.5 Å². The van der Waals surface area contributed by atoms with Crippen LogP contribution in [0.2, 0.25) is 0 Å². The summed E-state index contributed by atoms with van der Waals surface area (Å²) in [6.07, 6.45) is 6.86. The largest absolute Gasteiger partial charge is 0.494 e. The van der Waals surface area contributed by atoms with E-state index in [0.29, 0.717) is 24.3 Å². The maximum atomic E-state index is 12.7. The third-order valence-corrected chi connectivity index (χ3v) is 4.31. The fourth-order valence-electron chi connectivity index (χ4n) is 2.99. The van der Waals surface area contributed by atoms with Gasteiger partial charge in [-0.05, 0) is 88.6 Å². The van der Waals surface area contributed by atoms with E-state index in [1.807, 2.05) is 58.0 Å². The van der Waals surface area contributed by atoms with Gasteiger partial charge in [-0.1, -0.05) is 13.0 Å². The van der Waals surface area contributed by atoms with Gasteiger partial charge in [0.05, 0.1) is 18.8 Å². The third-order valence-electron chi connectivity index (χ3n) is 4.31. The maximum absolute atomic E-state index is 12.7. The zero-order valence-corrected chi connectivity index (χ0v) is 19.3. The van der Waals surface area contributed by atoms with Crippen LogP contribution < -0.4 is 14.2 Å². The van der Waals surface area contributed by atoms with Crippen molar-refractivity contribution in [3.63, 3.8) is 0 Å². The SMILES string of the molecule is C=CCc1cc(/C=C/C(=O)c2ccc(OCCC)cc2)c(OC(C)C)cc1OC(C)C. The number of carbonyl (C=O) groups is 1. The van der Waals surface area contributed by atoms with E-state index in [-0.39, 0.29) is 18.0 Å². The van der Waals surface area contributed by atoms with Crippen molar-refractivity contribution in [3.8, 4) is 17.2 Å². The van der Waals surface area contributed by atoms with Gasteiger partial charge in [0.1, 0.15) is 17.2 Å². The molecule has 4 nitrogen and oxygen atoms in total. The van der Waals surface area contributed by atoms with Gasteiger partial charge in [-0.2, -0.15) is 0 Å². The zero-order valence-electron chi connectivity index (χ0n) is 19.3. The number of carbonyl (C=O) groups excluding carboxylic acids is 1. The van der Waals surface area contributed by atoms with E-state index in [9.17, 15) is 4.79 Å². The first kappa shape index (κ1) is 24.3. The van der Waals surface area contributed by atoms with Gasteiger partial charge in [0.2, 0.25) is 0 Å². The minimum atomic E-state index is -0.0784. The Bertz CT molecular complexity index is 892. The minimum Gasteiger partial charge on any atom is -0.494 e. The Hall–Kier alpha value is -3.01. The standard InChI is InChI=1S/C27H34O4/c1-7-9-22-17-23(27(31-20(5)6)18-26(22)30-19(3)4)12-15-25(28)21-10-13-24(14-11-21)29-16-8-2/h7,10-15,17-20H,1,8-9,16H2,2-6H3/b15-12+. The Labute approximate surface area is 186 Å². The van der Waals surface area contributed by atoms with Crippen LogP contribution in [-0.4, -0.2) is 24.6 Å². The van der Waals surface area contributed by atoms with Crippen molar-refractivity contribution in [2.24, 2.45) is 0 Å². The topological polar surface area (TPSA) is 44.8 Å². The van der Waals surface area contributed by atoms with Crippen molar-refractivity contribution in [2.75, 3.05) is 6.61 Å². The molecule has 0 amide bonds. The first-order chi connectivity index (χ1) is 14.8. The van der Waals surface area contributed by atoms with Crippen molar-refractivity contribution >= 4 is 11.9 Å². The van der Waals surface area contributed by atoms with E-state index in [0.717, 1.165) is 29.0 Å². The Kier molecular flexibility index (Phi) is 9.39. The second kappa shape index (κ2) is 12.0. The van der Waals surface area contributed by atoms with Gasteiger partial charge in [0, 0.05) is 17.2 Å². The summed E-state index contributed by atoms with van der Waals surface area (Å²) in [5, 5.41) is 0. The van der Waals surface area contributed by atoms with Crippen molar-refractivity contribution in [1.82, 2.24) is 0 Å². The molecular weight excluding hydrogens is 388 g/mol. The van der Waals surface area contributed by atoms with E-state index in [1.165, 1.54) is 0 Å². The van der Waals surface area contributed by atoms with Gasteiger partial charge in [-0.25, -0.2) is 0 Å². The molecule has 0 fully saturated rings. The molecule has 0 saturated carbocycles. The summed E-state index contributed by atoms with van der Waals surface area (Å²) in [7, 11) is 0. The quantitative estimate of drug-likeness (QED) is 0.218. The maximum Gasteiger partial charge on any atom is 0.185 e. The average Bonchev–Trinajstić information content (AvgIpc) is 2.72. The smallest absolute Gasteiger partial charge is 0.185 e. The molecule has 4 heteroatoms. The van der Waals surface area contributed by atoms with Gasteiger partial charge in [0.15, 0.2) is 5.78 Å². The predicted molar refractivity (Wildman–Crippen MR) is 127 cm³/mol. The highest BCUT2D eigenvalue weighted by Gasteiger charge is 2.13. The van der Waals surface area contributed by atoms with E-state index < -0.39 is 0 Å². The molecule has 2 rings (SSSR count). The van der Waals surface area contributed by atoms with Gasteiger partial charge in [0.25, 0.3) is 0 Å². The van der Waals surface area contributed by atoms with Crippen molar-refractivity contribution in [2.45, 2.75) is 59.7 Å². The molecule has 0 bridgehead atoms. The molecule has 2 aromatic carbocycles. The summed E-state index contributed by atoms with van der Waals surface area (Å²) in [5.74, 6) is 2.15. The van der Waals surface area contributed by atoms with E-state index >= 15 is 0 Å². The second-order valence-electron chi connectivity index (χ2n) is 7.89. The molecule has 0 unspecified atom stereocenters. The normalized spacial score (nSPS) is 11.2. The van der Waals surface area contributed by atoms with Crippen molar-refractivity contribution in [3.05, 3.63) is 71.8 Å². The lowest BCUT2D eigenvalue weighted by Gasteiger charge is -2.19. The summed E-state index contributed by atoms with van der Waals surface area (Å²) in [4.78, 5) is 12.7. The molecule has 0 aliphatic rings. The van der Waals surface area contributed by atoms with Crippen LogP contribution in [0.3, 0.4) is 0 Å². The number of hydrogen-bond acceptors (Lipinski definition) is 4. The summed E-state index contributed by atoms with van der Waals surface area (Å²) in [6, 6.07) is 11.1. The molecule has 0 spiro atoms. The van der Waals surface area contributed by atoms with E-state index in [4.69, 9.17) is 14.2 Å². The summed E-state index contributed by atoms with van der Waals surface area (Å²) >= 11 is 0. The molecule has 31 heavy (non-hydrogen) atoms. The van der Waals surface area contributed by atoms with Crippen LogP contribution in [0.15, 0.2) is 55.1 Å². The molecule has 0 aromatic heterocycles. The van der Waals surface area contributed by atoms with Crippen LogP contribution in [0.5, 0.6) is 17.2 Å². The molecule has 0 N–H and O–H groups in total. The monoisotopic (exact) mass is 422 g/mol. The molecule has 0 aliphatic heterocycles. The molecule has 0 radical (unpaired) electrons. The van der Waals surface area contributed by atoms with E-state index in [2.05, 4.69) is 13.5 Å². The molecule has 2 aromatic rings. The summed E-state index contributed by atoms with van der Waals surface area (Å²) in [5.41, 5.74) is 2.44. The van der Waals surface area contributed by atoms with Gasteiger partial charge in [-0.3, -0.25) is 4.79 Å². The van der Waals surface area contributed by atoms with Crippen LogP contribution in [-0.2, 0) is 6.42 Å². The number of hydrogen-bond donors (Lipinski definition) is 0. The second-order valence-corrected chi connectivity index (χ2v) is 7.89. The molecule has 0 heterocycles. The molecular formula is C27H34O4. The minimum absolute atomic E-state index is 0.00401. The van der Waals surface area contributed by atoms with Crippen LogP contribution >= 0.6 is 0 Å². The molecule has 0 atom stereocenters. The lowest BCUT2D eigenvalue weighted by atomic mass is 10.0. The lowest BCUT2D eigenvalue weighted by Crippen LogP contribution is -2.10. The van der Waals surface area contributed by atoms with Crippen molar-refractivity contribution in [1.29, 1.82) is 0 Å². The van der Waals surface area contributed by atoms with E-state index in [1.54, 1.807) is 24.3 Å². The van der Waals surface area contributed by atoms with Gasteiger partial charge < -0.3 is 14.2 Å². The van der Waals surface area contributed by atoms with Gasteiger partial charge in [-0.15, -0.1) is 6.58 Å². The van der Waals surface area contributed by atoms with Crippen LogP contribution in [0, 0.1) is 0 Å². The fraction of sp³-hybridized carbons (Fsp3) is 0.370. The zero-order chi connectivity index (χ0) is 22.8. The predicted octanol–water partition coefficient (Wildman–Crippen LogP) is 6.67. The lowest BCUT2D eigenvalue weighted by molar-refractivity contribution is 0.104. The third kappa shape index (κ3) is 7.63. The highest BCUT2D eigenvalue weighted by Crippen LogP contribution is 2.32. The van der Waals surface area contributed by atoms with Crippen molar-refractivity contribution < 1.29 is 19.0 Å². The highest BCUT2D eigenvalue weighted by atomic mass is 16.5. The Balaban J connectivity index is 2.31. The highest BCUT2D eigenvalue weighted by molar-refractivity contribution is 6.07. The number of ketones is 1. The van der Waals surface area contributed by atoms with Crippen LogP contribution in [0.4, 0.5) is 0 Å². The first-order valence-electron chi connectivity index (χ1n) is 10.9. The Morgan fingerprint density at radius 1 is 1.00 bits per heavy atom. The molecule has 0 saturated heterocycles. The van der Waals surface area contributed by atoms with Crippen LogP contribution in [0.25, 0.3) is 6.08 Å².